The fourth-order valence-corrected chi connectivity index (χ4v) is 4.11. The number of benzene rings is 1. The predicted octanol–water partition coefficient (Wildman–Crippen LogP) is 3.11. The number of carbonyl (C=O) groups is 1. The van der Waals surface area contributed by atoms with Gasteiger partial charge in [0.2, 0.25) is 15.9 Å². The van der Waals surface area contributed by atoms with Crippen molar-refractivity contribution in [3.63, 3.8) is 0 Å². The van der Waals surface area contributed by atoms with Crippen LogP contribution < -0.4 is 9.62 Å². The van der Waals surface area contributed by atoms with Crippen LogP contribution in [0.2, 0.25) is 5.02 Å². The molecule has 1 aliphatic rings. The van der Waals surface area contributed by atoms with Crippen molar-refractivity contribution in [1.29, 1.82) is 0 Å². The molecule has 0 spiro atoms. The summed E-state index contributed by atoms with van der Waals surface area (Å²) in [5.41, 5.74) is 1.63. The average molecular weight is 371 g/mol. The maximum Gasteiger partial charge on any atom is 0.243 e. The topological polar surface area (TPSA) is 66.5 Å². The van der Waals surface area contributed by atoms with Gasteiger partial charge >= 0.3 is 0 Å². The van der Waals surface area contributed by atoms with Crippen molar-refractivity contribution in [2.75, 3.05) is 17.1 Å². The van der Waals surface area contributed by atoms with Crippen LogP contribution in [0.15, 0.2) is 35.9 Å². The van der Waals surface area contributed by atoms with E-state index < -0.39 is 16.1 Å². The summed E-state index contributed by atoms with van der Waals surface area (Å²) in [6.07, 6.45) is 7.60. The smallest absolute Gasteiger partial charge is 0.243 e. The van der Waals surface area contributed by atoms with Crippen molar-refractivity contribution in [3.05, 3.63) is 40.9 Å². The molecule has 1 N–H and O–H groups in total. The molecular formula is C17H23ClN2O3S. The lowest BCUT2D eigenvalue weighted by Gasteiger charge is -2.28. The molecule has 0 aliphatic heterocycles. The van der Waals surface area contributed by atoms with Gasteiger partial charge < -0.3 is 5.32 Å². The molecule has 2 rings (SSSR count). The van der Waals surface area contributed by atoms with Crippen molar-refractivity contribution < 1.29 is 13.2 Å². The van der Waals surface area contributed by atoms with E-state index in [0.29, 0.717) is 17.3 Å². The van der Waals surface area contributed by atoms with E-state index in [0.717, 1.165) is 29.8 Å². The van der Waals surface area contributed by atoms with E-state index in [-0.39, 0.29) is 5.91 Å². The molecule has 1 atom stereocenters. The number of halogens is 1. The maximum atomic E-state index is 12.4. The Labute approximate surface area is 148 Å². The van der Waals surface area contributed by atoms with E-state index in [1.54, 1.807) is 31.2 Å². The SMILES string of the molecule is C[C@H](C(=O)NCC1=CCCCC1)N(c1ccc(Cl)cc1)S(C)(=O)=O. The summed E-state index contributed by atoms with van der Waals surface area (Å²) < 4.78 is 25.5. The second-order valence-corrected chi connectivity index (χ2v) is 8.33. The van der Waals surface area contributed by atoms with Crippen LogP contribution in [0.3, 0.4) is 0 Å². The van der Waals surface area contributed by atoms with Crippen molar-refractivity contribution >= 4 is 33.2 Å². The molecule has 0 heterocycles. The number of nitrogens with zero attached hydrogens (tertiary/aromatic N) is 1. The Kier molecular flexibility index (Phi) is 6.29. The van der Waals surface area contributed by atoms with E-state index in [9.17, 15) is 13.2 Å². The van der Waals surface area contributed by atoms with Gasteiger partial charge in [0, 0.05) is 11.6 Å². The highest BCUT2D eigenvalue weighted by Crippen LogP contribution is 2.23. The molecular weight excluding hydrogens is 348 g/mol. The highest BCUT2D eigenvalue weighted by molar-refractivity contribution is 7.92. The lowest BCUT2D eigenvalue weighted by Crippen LogP contribution is -2.48. The van der Waals surface area contributed by atoms with Crippen LogP contribution >= 0.6 is 11.6 Å². The van der Waals surface area contributed by atoms with E-state index in [1.165, 1.54) is 12.0 Å². The molecule has 0 saturated heterocycles. The fraction of sp³-hybridized carbons (Fsp3) is 0.471. The Morgan fingerprint density at radius 3 is 2.50 bits per heavy atom. The number of hydrogen-bond donors (Lipinski definition) is 1. The monoisotopic (exact) mass is 370 g/mol. The minimum Gasteiger partial charge on any atom is -0.351 e. The number of nitrogens with one attached hydrogen (secondary N) is 1. The largest absolute Gasteiger partial charge is 0.351 e. The van der Waals surface area contributed by atoms with Crippen LogP contribution in [0.25, 0.3) is 0 Å². The summed E-state index contributed by atoms with van der Waals surface area (Å²) >= 11 is 5.85. The summed E-state index contributed by atoms with van der Waals surface area (Å²) in [5, 5.41) is 3.35. The maximum absolute atomic E-state index is 12.4. The Balaban J connectivity index is 2.12. The van der Waals surface area contributed by atoms with Gasteiger partial charge in [-0.1, -0.05) is 23.3 Å². The van der Waals surface area contributed by atoms with Crippen molar-refractivity contribution in [1.82, 2.24) is 5.32 Å². The van der Waals surface area contributed by atoms with E-state index >= 15 is 0 Å². The first kappa shape index (κ1) is 18.8. The third kappa shape index (κ3) is 4.98. The number of anilines is 1. The molecule has 1 aliphatic carbocycles. The second-order valence-electron chi connectivity index (χ2n) is 6.04. The van der Waals surface area contributed by atoms with Crippen molar-refractivity contribution in [3.8, 4) is 0 Å². The lowest BCUT2D eigenvalue weighted by atomic mass is 10.00. The van der Waals surface area contributed by atoms with Gasteiger partial charge in [-0.2, -0.15) is 0 Å². The number of carbonyl (C=O) groups excluding carboxylic acids is 1. The first-order valence-electron chi connectivity index (χ1n) is 7.99. The van der Waals surface area contributed by atoms with Crippen LogP contribution in [0, 0.1) is 0 Å². The summed E-state index contributed by atoms with van der Waals surface area (Å²) in [7, 11) is -3.60. The Morgan fingerprint density at radius 2 is 1.96 bits per heavy atom. The Morgan fingerprint density at radius 1 is 1.29 bits per heavy atom. The summed E-state index contributed by atoms with van der Waals surface area (Å²) in [6.45, 7) is 2.06. The van der Waals surface area contributed by atoms with Gasteiger partial charge in [0.1, 0.15) is 6.04 Å². The Bertz CT molecular complexity index is 714. The van der Waals surface area contributed by atoms with Crippen LogP contribution in [-0.2, 0) is 14.8 Å². The molecule has 7 heteroatoms. The van der Waals surface area contributed by atoms with Crippen molar-refractivity contribution in [2.45, 2.75) is 38.6 Å². The summed E-state index contributed by atoms with van der Waals surface area (Å²) in [5.74, 6) is -0.318. The number of sulfonamides is 1. The van der Waals surface area contributed by atoms with Crippen LogP contribution in [-0.4, -0.2) is 33.2 Å². The van der Waals surface area contributed by atoms with Gasteiger partial charge in [-0.25, -0.2) is 8.42 Å². The molecule has 0 radical (unpaired) electrons. The third-order valence-electron chi connectivity index (χ3n) is 4.04. The highest BCUT2D eigenvalue weighted by atomic mass is 35.5. The minimum absolute atomic E-state index is 0.318. The number of hydrogen-bond acceptors (Lipinski definition) is 3. The summed E-state index contributed by atoms with van der Waals surface area (Å²) in [4.78, 5) is 12.4. The molecule has 1 aromatic rings. The van der Waals surface area contributed by atoms with Gasteiger partial charge in [-0.05, 0) is 56.9 Å². The van der Waals surface area contributed by atoms with Gasteiger partial charge in [0.15, 0.2) is 0 Å². The number of amides is 1. The average Bonchev–Trinajstić information content (AvgIpc) is 2.54. The van der Waals surface area contributed by atoms with E-state index in [2.05, 4.69) is 11.4 Å². The van der Waals surface area contributed by atoms with Crippen LogP contribution in [0.4, 0.5) is 5.69 Å². The molecule has 1 amide bonds. The molecule has 0 bridgehead atoms. The normalized spacial score (nSPS) is 16.2. The predicted molar refractivity (Wildman–Crippen MR) is 97.8 cm³/mol. The zero-order chi connectivity index (χ0) is 17.7. The third-order valence-corrected chi connectivity index (χ3v) is 5.54. The zero-order valence-electron chi connectivity index (χ0n) is 14.0. The molecule has 132 valence electrons. The van der Waals surface area contributed by atoms with Gasteiger partial charge in [0.05, 0.1) is 11.9 Å². The molecule has 0 unspecified atom stereocenters. The van der Waals surface area contributed by atoms with Gasteiger partial charge in [-0.15, -0.1) is 0 Å². The number of allylic oxidation sites excluding steroid dienone is 1. The molecule has 0 fully saturated rings. The standard InChI is InChI=1S/C17H23ClN2O3S/c1-13(17(21)19-12-14-6-4-3-5-7-14)20(24(2,22)23)16-10-8-15(18)9-11-16/h6,8-11,13H,3-5,7,12H2,1-2H3,(H,19,21)/t13-/m1/s1. The van der Waals surface area contributed by atoms with Crippen molar-refractivity contribution in [2.24, 2.45) is 0 Å². The number of rotatable bonds is 6. The van der Waals surface area contributed by atoms with Gasteiger partial charge in [-0.3, -0.25) is 9.10 Å². The fourth-order valence-electron chi connectivity index (χ4n) is 2.81. The van der Waals surface area contributed by atoms with Gasteiger partial charge in [0.25, 0.3) is 0 Å². The second kappa shape index (κ2) is 8.03. The molecule has 0 aromatic heterocycles. The van der Waals surface area contributed by atoms with Crippen LogP contribution in [0.1, 0.15) is 32.6 Å². The lowest BCUT2D eigenvalue weighted by molar-refractivity contribution is -0.121. The molecule has 1 aromatic carbocycles. The minimum atomic E-state index is -3.60. The zero-order valence-corrected chi connectivity index (χ0v) is 15.5. The first-order chi connectivity index (χ1) is 11.3. The molecule has 5 nitrogen and oxygen atoms in total. The van der Waals surface area contributed by atoms with E-state index in [4.69, 9.17) is 11.6 Å². The summed E-state index contributed by atoms with van der Waals surface area (Å²) in [6, 6.07) is 5.55. The Hall–Kier alpha value is -1.53. The van der Waals surface area contributed by atoms with E-state index in [1.807, 2.05) is 0 Å². The van der Waals surface area contributed by atoms with Crippen LogP contribution in [0.5, 0.6) is 0 Å². The highest BCUT2D eigenvalue weighted by Gasteiger charge is 2.29. The quantitative estimate of drug-likeness (QED) is 0.782. The molecule has 24 heavy (non-hydrogen) atoms. The first-order valence-corrected chi connectivity index (χ1v) is 10.2. The molecule has 0 saturated carbocycles.